The molecule has 102 valence electrons. The Morgan fingerprint density at radius 3 is 2.85 bits per heavy atom. The number of benzene rings is 1. The first-order chi connectivity index (χ1) is 9.62. The Bertz CT molecular complexity index is 696. The molecule has 20 heavy (non-hydrogen) atoms. The molecule has 0 aliphatic heterocycles. The summed E-state index contributed by atoms with van der Waals surface area (Å²) in [6, 6.07) is 9.68. The number of rotatable bonds is 3. The Labute approximate surface area is 117 Å². The molecule has 2 N–H and O–H groups in total. The number of nitriles is 1. The second-order valence-electron chi connectivity index (χ2n) is 4.30. The molecule has 0 bridgehead atoms. The summed E-state index contributed by atoms with van der Waals surface area (Å²) in [6.07, 6.45) is 2.43. The number of nitrogen functional groups attached to an aromatic ring is 1. The van der Waals surface area contributed by atoms with Gasteiger partial charge in [-0.15, -0.1) is 0 Å². The van der Waals surface area contributed by atoms with Crippen molar-refractivity contribution in [1.82, 2.24) is 4.57 Å². The summed E-state index contributed by atoms with van der Waals surface area (Å²) in [4.78, 5) is 11.9. The van der Waals surface area contributed by atoms with Gasteiger partial charge in [0.1, 0.15) is 6.07 Å². The lowest BCUT2D eigenvalue weighted by atomic mass is 10.1. The molecule has 1 aromatic heterocycles. The van der Waals surface area contributed by atoms with Gasteiger partial charge in [0.25, 0.3) is 0 Å². The molecule has 5 nitrogen and oxygen atoms in total. The van der Waals surface area contributed by atoms with Gasteiger partial charge >= 0.3 is 5.97 Å². The standard InChI is InChI=1S/C15H15N3O2/c1-3-10-5-4-6-12(7-10)18-9-11(8-16)13(17)14(18)15(19)20-2/h4-7,9H,3,17H2,1-2H3. The summed E-state index contributed by atoms with van der Waals surface area (Å²) in [7, 11) is 1.29. The molecule has 2 aromatic rings. The van der Waals surface area contributed by atoms with Crippen LogP contribution in [0, 0.1) is 11.3 Å². The van der Waals surface area contributed by atoms with Gasteiger partial charge in [-0.2, -0.15) is 5.26 Å². The van der Waals surface area contributed by atoms with Gasteiger partial charge in [-0.25, -0.2) is 4.79 Å². The largest absolute Gasteiger partial charge is 0.464 e. The second-order valence-corrected chi connectivity index (χ2v) is 4.30. The predicted molar refractivity (Wildman–Crippen MR) is 75.6 cm³/mol. The molecule has 0 aliphatic rings. The summed E-state index contributed by atoms with van der Waals surface area (Å²) in [5.41, 5.74) is 8.33. The highest BCUT2D eigenvalue weighted by Crippen LogP contribution is 2.25. The van der Waals surface area contributed by atoms with Crippen molar-refractivity contribution in [2.75, 3.05) is 12.8 Å². The summed E-state index contributed by atoms with van der Waals surface area (Å²) in [5.74, 6) is -0.564. The van der Waals surface area contributed by atoms with Gasteiger partial charge in [-0.05, 0) is 24.1 Å². The lowest BCUT2D eigenvalue weighted by Crippen LogP contribution is -2.11. The monoisotopic (exact) mass is 269 g/mol. The number of carbonyl (C=O) groups is 1. The molecule has 0 saturated carbocycles. The summed E-state index contributed by atoms with van der Waals surface area (Å²) in [6.45, 7) is 2.05. The van der Waals surface area contributed by atoms with Crippen LogP contribution in [-0.4, -0.2) is 17.6 Å². The maximum Gasteiger partial charge on any atom is 0.357 e. The highest BCUT2D eigenvalue weighted by molar-refractivity contribution is 5.95. The molecule has 0 spiro atoms. The number of aryl methyl sites for hydroxylation is 1. The van der Waals surface area contributed by atoms with Crippen LogP contribution in [0.2, 0.25) is 0 Å². The average Bonchev–Trinajstić information content (AvgIpc) is 2.83. The van der Waals surface area contributed by atoms with E-state index < -0.39 is 5.97 Å². The van der Waals surface area contributed by atoms with Gasteiger partial charge in [-0.3, -0.25) is 0 Å². The predicted octanol–water partition coefficient (Wildman–Crippen LogP) is 2.28. The lowest BCUT2D eigenvalue weighted by molar-refractivity contribution is 0.0593. The first-order valence-electron chi connectivity index (χ1n) is 6.20. The molecular formula is C15H15N3O2. The molecule has 0 atom stereocenters. The summed E-state index contributed by atoms with van der Waals surface area (Å²) in [5, 5.41) is 9.06. The Morgan fingerprint density at radius 1 is 1.50 bits per heavy atom. The van der Waals surface area contributed by atoms with E-state index in [-0.39, 0.29) is 16.9 Å². The zero-order chi connectivity index (χ0) is 14.7. The number of carbonyl (C=O) groups excluding carboxylic acids is 1. The van der Waals surface area contributed by atoms with E-state index >= 15 is 0 Å². The average molecular weight is 269 g/mol. The van der Waals surface area contributed by atoms with E-state index in [0.717, 1.165) is 17.7 Å². The van der Waals surface area contributed by atoms with Crippen molar-refractivity contribution in [3.05, 3.63) is 47.3 Å². The zero-order valence-corrected chi connectivity index (χ0v) is 11.4. The Hall–Kier alpha value is -2.74. The number of anilines is 1. The lowest BCUT2D eigenvalue weighted by Gasteiger charge is -2.09. The van der Waals surface area contributed by atoms with Crippen LogP contribution in [0.15, 0.2) is 30.5 Å². The van der Waals surface area contributed by atoms with E-state index in [0.29, 0.717) is 0 Å². The van der Waals surface area contributed by atoms with Crippen molar-refractivity contribution in [3.8, 4) is 11.8 Å². The molecule has 0 aliphatic carbocycles. The molecule has 0 unspecified atom stereocenters. The van der Waals surface area contributed by atoms with Gasteiger partial charge < -0.3 is 15.0 Å². The van der Waals surface area contributed by atoms with Gasteiger partial charge in [0, 0.05) is 11.9 Å². The number of methoxy groups -OCH3 is 1. The van der Waals surface area contributed by atoms with E-state index in [1.807, 2.05) is 37.3 Å². The first-order valence-corrected chi connectivity index (χ1v) is 6.20. The van der Waals surface area contributed by atoms with Crippen LogP contribution in [0.3, 0.4) is 0 Å². The molecule has 5 heteroatoms. The third-order valence-electron chi connectivity index (χ3n) is 3.14. The molecule has 1 heterocycles. The Kier molecular flexibility index (Phi) is 3.76. The van der Waals surface area contributed by atoms with E-state index in [2.05, 4.69) is 0 Å². The number of hydrogen-bond donors (Lipinski definition) is 1. The molecule has 1 aromatic carbocycles. The van der Waals surface area contributed by atoms with Gasteiger partial charge in [0.2, 0.25) is 0 Å². The highest BCUT2D eigenvalue weighted by atomic mass is 16.5. The maximum absolute atomic E-state index is 11.9. The molecule has 2 rings (SSSR count). The van der Waals surface area contributed by atoms with Gasteiger partial charge in [-0.1, -0.05) is 19.1 Å². The topological polar surface area (TPSA) is 81.0 Å². The molecule has 0 amide bonds. The number of hydrogen-bond acceptors (Lipinski definition) is 4. The Balaban J connectivity index is 2.67. The molecular weight excluding hydrogens is 254 g/mol. The minimum absolute atomic E-state index is 0.140. The van der Waals surface area contributed by atoms with E-state index in [9.17, 15) is 4.79 Å². The summed E-state index contributed by atoms with van der Waals surface area (Å²) >= 11 is 0. The number of ether oxygens (including phenoxy) is 1. The van der Waals surface area contributed by atoms with Crippen LogP contribution >= 0.6 is 0 Å². The minimum atomic E-state index is -0.564. The third-order valence-corrected chi connectivity index (χ3v) is 3.14. The number of nitrogens with zero attached hydrogens (tertiary/aromatic N) is 2. The van der Waals surface area contributed by atoms with Crippen LogP contribution in [0.4, 0.5) is 5.69 Å². The zero-order valence-electron chi connectivity index (χ0n) is 11.4. The van der Waals surface area contributed by atoms with E-state index in [1.54, 1.807) is 10.8 Å². The van der Waals surface area contributed by atoms with Crippen molar-refractivity contribution >= 4 is 11.7 Å². The number of nitrogens with two attached hydrogens (primary N) is 1. The van der Waals surface area contributed by atoms with Crippen molar-refractivity contribution in [2.45, 2.75) is 13.3 Å². The van der Waals surface area contributed by atoms with E-state index in [1.165, 1.54) is 7.11 Å². The SMILES string of the molecule is CCc1cccc(-n2cc(C#N)c(N)c2C(=O)OC)c1. The smallest absolute Gasteiger partial charge is 0.357 e. The quantitative estimate of drug-likeness (QED) is 0.867. The fraction of sp³-hybridized carbons (Fsp3) is 0.200. The van der Waals surface area contributed by atoms with Crippen molar-refractivity contribution in [2.24, 2.45) is 0 Å². The van der Waals surface area contributed by atoms with Crippen LogP contribution in [-0.2, 0) is 11.2 Å². The normalized spacial score (nSPS) is 10.1. The van der Waals surface area contributed by atoms with Crippen molar-refractivity contribution in [3.63, 3.8) is 0 Å². The van der Waals surface area contributed by atoms with E-state index in [4.69, 9.17) is 15.7 Å². The van der Waals surface area contributed by atoms with Crippen molar-refractivity contribution < 1.29 is 9.53 Å². The fourth-order valence-corrected chi connectivity index (χ4v) is 2.04. The van der Waals surface area contributed by atoms with Crippen LogP contribution < -0.4 is 5.73 Å². The third kappa shape index (κ3) is 2.24. The van der Waals surface area contributed by atoms with Gasteiger partial charge in [0.05, 0.1) is 18.4 Å². The molecule has 0 radical (unpaired) electrons. The number of aromatic nitrogens is 1. The minimum Gasteiger partial charge on any atom is -0.464 e. The van der Waals surface area contributed by atoms with Crippen LogP contribution in [0.5, 0.6) is 0 Å². The highest BCUT2D eigenvalue weighted by Gasteiger charge is 2.21. The van der Waals surface area contributed by atoms with Crippen LogP contribution in [0.25, 0.3) is 5.69 Å². The first kappa shape index (κ1) is 13.7. The second kappa shape index (κ2) is 5.49. The van der Waals surface area contributed by atoms with Crippen molar-refractivity contribution in [1.29, 1.82) is 5.26 Å². The maximum atomic E-state index is 11.9. The number of esters is 1. The van der Waals surface area contributed by atoms with Gasteiger partial charge in [0.15, 0.2) is 5.69 Å². The Morgan fingerprint density at radius 2 is 2.25 bits per heavy atom. The fourth-order valence-electron chi connectivity index (χ4n) is 2.04. The molecule has 0 saturated heterocycles. The van der Waals surface area contributed by atoms with Crippen LogP contribution in [0.1, 0.15) is 28.5 Å². The molecule has 0 fully saturated rings. The summed E-state index contributed by atoms with van der Waals surface area (Å²) < 4.78 is 6.34.